The Bertz CT molecular complexity index is 150. The highest BCUT2D eigenvalue weighted by molar-refractivity contribution is 8.00. The van der Waals surface area contributed by atoms with Crippen LogP contribution in [0.1, 0.15) is 6.42 Å². The number of rotatable bonds is 5. The van der Waals surface area contributed by atoms with Crippen LogP contribution < -0.4 is 5.32 Å². The highest BCUT2D eigenvalue weighted by atomic mass is 32.2. The van der Waals surface area contributed by atoms with Gasteiger partial charge in [0.2, 0.25) is 0 Å². The fourth-order valence-electron chi connectivity index (χ4n) is 0.524. The molecular formula is C7H10F3NS. The zero-order valence-electron chi connectivity index (χ0n) is 6.45. The van der Waals surface area contributed by atoms with E-state index in [0.29, 0.717) is 19.5 Å². The summed E-state index contributed by atoms with van der Waals surface area (Å²) < 4.78 is 34.6. The van der Waals surface area contributed by atoms with Gasteiger partial charge in [0.25, 0.3) is 0 Å². The van der Waals surface area contributed by atoms with Crippen LogP contribution in [0.4, 0.5) is 13.2 Å². The molecule has 1 nitrogen and oxygen atoms in total. The number of hydrogen-bond acceptors (Lipinski definition) is 2. The molecule has 0 bridgehead atoms. The van der Waals surface area contributed by atoms with E-state index >= 15 is 0 Å². The molecular weight excluding hydrogens is 187 g/mol. The first-order chi connectivity index (χ1) is 5.56. The van der Waals surface area contributed by atoms with Crippen molar-refractivity contribution in [2.75, 3.05) is 18.8 Å². The Kier molecular flexibility index (Phi) is 6.03. The first-order valence-electron chi connectivity index (χ1n) is 3.41. The van der Waals surface area contributed by atoms with E-state index in [-0.39, 0.29) is 17.5 Å². The summed E-state index contributed by atoms with van der Waals surface area (Å²) in [5.41, 5.74) is -4.12. The van der Waals surface area contributed by atoms with Crippen LogP contribution >= 0.6 is 11.8 Å². The minimum absolute atomic E-state index is 0.0226. The number of thioether (sulfide) groups is 1. The molecule has 0 aliphatic heterocycles. The molecule has 0 atom stereocenters. The first-order valence-corrected chi connectivity index (χ1v) is 4.39. The average Bonchev–Trinajstić information content (AvgIpc) is 1.94. The maximum atomic E-state index is 11.5. The second kappa shape index (κ2) is 6.21. The van der Waals surface area contributed by atoms with Crippen molar-refractivity contribution in [1.29, 1.82) is 0 Å². The largest absolute Gasteiger partial charge is 0.441 e. The molecule has 70 valence electrons. The molecule has 0 aliphatic carbocycles. The summed E-state index contributed by atoms with van der Waals surface area (Å²) in [6, 6.07) is 0. The van der Waals surface area contributed by atoms with Crippen LogP contribution in [-0.4, -0.2) is 24.4 Å². The van der Waals surface area contributed by atoms with Gasteiger partial charge < -0.3 is 5.32 Å². The van der Waals surface area contributed by atoms with E-state index in [9.17, 15) is 13.2 Å². The van der Waals surface area contributed by atoms with E-state index in [1.807, 2.05) is 0 Å². The van der Waals surface area contributed by atoms with Gasteiger partial charge >= 0.3 is 5.51 Å². The van der Waals surface area contributed by atoms with Crippen LogP contribution in [0.5, 0.6) is 0 Å². The Morgan fingerprint density at radius 3 is 2.50 bits per heavy atom. The maximum Gasteiger partial charge on any atom is 0.441 e. The predicted octanol–water partition coefficient (Wildman–Crippen LogP) is 1.85. The zero-order valence-corrected chi connectivity index (χ0v) is 7.26. The molecule has 0 radical (unpaired) electrons. The van der Waals surface area contributed by atoms with Crippen LogP contribution in [0.25, 0.3) is 0 Å². The Hall–Kier alpha value is -0.340. The Balaban J connectivity index is 3.07. The summed E-state index contributed by atoms with van der Waals surface area (Å²) in [5.74, 6) is 2.42. The predicted molar refractivity (Wildman–Crippen MR) is 44.8 cm³/mol. The molecule has 0 spiro atoms. The van der Waals surface area contributed by atoms with Gasteiger partial charge in [0, 0.05) is 25.3 Å². The third kappa shape index (κ3) is 9.66. The third-order valence-corrected chi connectivity index (χ3v) is 1.73. The molecule has 0 aromatic carbocycles. The molecule has 12 heavy (non-hydrogen) atoms. The molecule has 0 heterocycles. The molecule has 0 aromatic rings. The van der Waals surface area contributed by atoms with Gasteiger partial charge in [0.15, 0.2) is 0 Å². The van der Waals surface area contributed by atoms with E-state index in [1.165, 1.54) is 0 Å². The van der Waals surface area contributed by atoms with Gasteiger partial charge in [-0.05, 0) is 11.8 Å². The smallest absolute Gasteiger partial charge is 0.315 e. The average molecular weight is 197 g/mol. The quantitative estimate of drug-likeness (QED) is 0.533. The third-order valence-electron chi connectivity index (χ3n) is 0.991. The summed E-state index contributed by atoms with van der Waals surface area (Å²) in [4.78, 5) is 0. The summed E-state index contributed by atoms with van der Waals surface area (Å²) in [6.45, 7) is 0.917. The summed E-state index contributed by atoms with van der Waals surface area (Å²) in [5, 5.41) is 2.80. The van der Waals surface area contributed by atoms with Crippen molar-refractivity contribution in [3.63, 3.8) is 0 Å². The monoisotopic (exact) mass is 197 g/mol. The van der Waals surface area contributed by atoms with Crippen molar-refractivity contribution in [2.45, 2.75) is 11.9 Å². The van der Waals surface area contributed by atoms with Gasteiger partial charge in [-0.3, -0.25) is 0 Å². The van der Waals surface area contributed by atoms with E-state index in [0.717, 1.165) is 0 Å². The lowest BCUT2D eigenvalue weighted by Crippen LogP contribution is -2.19. The van der Waals surface area contributed by atoms with E-state index in [1.54, 1.807) is 0 Å². The Morgan fingerprint density at radius 2 is 2.00 bits per heavy atom. The molecule has 5 heteroatoms. The number of hydrogen-bond donors (Lipinski definition) is 1. The second-order valence-electron chi connectivity index (χ2n) is 2.00. The molecule has 0 aliphatic rings. The lowest BCUT2D eigenvalue weighted by atomic mass is 10.4. The molecule has 0 unspecified atom stereocenters. The number of terminal acetylenes is 1. The Morgan fingerprint density at radius 1 is 1.33 bits per heavy atom. The number of halogens is 3. The van der Waals surface area contributed by atoms with E-state index in [2.05, 4.69) is 11.2 Å². The van der Waals surface area contributed by atoms with Crippen molar-refractivity contribution in [2.24, 2.45) is 0 Å². The normalized spacial score (nSPS) is 11.2. The minimum Gasteiger partial charge on any atom is -0.315 e. The van der Waals surface area contributed by atoms with Crippen LogP contribution in [0.15, 0.2) is 0 Å². The van der Waals surface area contributed by atoms with Crippen molar-refractivity contribution in [1.82, 2.24) is 5.32 Å². The molecule has 0 saturated heterocycles. The fourth-order valence-corrected chi connectivity index (χ4v) is 1.00. The second-order valence-corrected chi connectivity index (χ2v) is 3.16. The molecule has 0 rings (SSSR count). The van der Waals surface area contributed by atoms with Crippen LogP contribution in [0, 0.1) is 12.3 Å². The molecule has 0 amide bonds. The summed E-state index contributed by atoms with van der Waals surface area (Å²) in [7, 11) is 0. The minimum atomic E-state index is -4.12. The maximum absolute atomic E-state index is 11.5. The highest BCUT2D eigenvalue weighted by Gasteiger charge is 2.27. The molecule has 0 saturated carbocycles. The molecule has 0 aromatic heterocycles. The van der Waals surface area contributed by atoms with Gasteiger partial charge in [-0.15, -0.1) is 12.3 Å². The lowest BCUT2D eigenvalue weighted by molar-refractivity contribution is -0.0327. The molecule has 1 N–H and O–H groups in total. The van der Waals surface area contributed by atoms with Gasteiger partial charge in [0.1, 0.15) is 0 Å². The van der Waals surface area contributed by atoms with Gasteiger partial charge in [-0.2, -0.15) is 13.2 Å². The van der Waals surface area contributed by atoms with E-state index < -0.39 is 5.51 Å². The Labute approximate surface area is 74.1 Å². The van der Waals surface area contributed by atoms with Crippen molar-refractivity contribution in [3.8, 4) is 12.3 Å². The number of alkyl halides is 3. The van der Waals surface area contributed by atoms with Gasteiger partial charge in [0.05, 0.1) is 0 Å². The summed E-state index contributed by atoms with van der Waals surface area (Å²) in [6.07, 6.45) is 5.49. The van der Waals surface area contributed by atoms with Crippen LogP contribution in [0.3, 0.4) is 0 Å². The van der Waals surface area contributed by atoms with Crippen molar-refractivity contribution >= 4 is 11.8 Å². The van der Waals surface area contributed by atoms with Crippen molar-refractivity contribution < 1.29 is 13.2 Å². The summed E-state index contributed by atoms with van der Waals surface area (Å²) >= 11 is -0.0226. The SMILES string of the molecule is C#CCCNCCSC(F)(F)F. The number of nitrogens with one attached hydrogen (secondary N) is 1. The highest BCUT2D eigenvalue weighted by Crippen LogP contribution is 2.29. The topological polar surface area (TPSA) is 12.0 Å². The lowest BCUT2D eigenvalue weighted by Gasteiger charge is -2.05. The van der Waals surface area contributed by atoms with Crippen LogP contribution in [0.2, 0.25) is 0 Å². The zero-order chi connectivity index (χ0) is 9.45. The fraction of sp³-hybridized carbons (Fsp3) is 0.714. The first kappa shape index (κ1) is 11.7. The molecule has 0 fully saturated rings. The van der Waals surface area contributed by atoms with Gasteiger partial charge in [-0.25, -0.2) is 0 Å². The van der Waals surface area contributed by atoms with Crippen molar-refractivity contribution in [3.05, 3.63) is 0 Å². The van der Waals surface area contributed by atoms with Gasteiger partial charge in [-0.1, -0.05) is 0 Å². The van der Waals surface area contributed by atoms with Crippen LogP contribution in [-0.2, 0) is 0 Å². The standard InChI is InChI=1S/C7H10F3NS/c1-2-3-4-11-5-6-12-7(8,9)10/h1,11H,3-6H2. The van der Waals surface area contributed by atoms with E-state index in [4.69, 9.17) is 6.42 Å².